The monoisotopic (exact) mass is 396 g/mol. The largest absolute Gasteiger partial charge is 0.508 e. The first-order valence-corrected chi connectivity index (χ1v) is 9.39. The Bertz CT molecular complexity index is 961. The molecule has 150 valence electrons. The van der Waals surface area contributed by atoms with Gasteiger partial charge in [0.25, 0.3) is 5.91 Å². The number of phenolic OH excluding ortho intramolecular Hbond substituents is 1. The summed E-state index contributed by atoms with van der Waals surface area (Å²) in [4.78, 5) is 16.6. The van der Waals surface area contributed by atoms with Crippen molar-refractivity contribution in [1.82, 2.24) is 4.90 Å². The predicted molar refractivity (Wildman–Crippen MR) is 106 cm³/mol. The van der Waals surface area contributed by atoms with Gasteiger partial charge in [-0.1, -0.05) is 0 Å². The molecule has 7 heteroatoms. The molecule has 0 unspecified atom stereocenters. The highest BCUT2D eigenvalue weighted by atomic mass is 19.1. The molecule has 1 aromatic heterocycles. The molecule has 29 heavy (non-hydrogen) atoms. The third-order valence-electron chi connectivity index (χ3n) is 4.85. The van der Waals surface area contributed by atoms with Gasteiger partial charge in [0.1, 0.15) is 29.7 Å². The number of rotatable bonds is 5. The third-order valence-corrected chi connectivity index (χ3v) is 4.85. The van der Waals surface area contributed by atoms with E-state index in [9.17, 15) is 14.3 Å². The number of nitrogens with zero attached hydrogens (tertiary/aromatic N) is 2. The van der Waals surface area contributed by atoms with E-state index in [2.05, 4.69) is 4.90 Å². The Hall–Kier alpha value is -3.48. The van der Waals surface area contributed by atoms with Crippen LogP contribution in [-0.2, 0) is 6.61 Å². The minimum atomic E-state index is -0.325. The maximum atomic E-state index is 12.9. The number of furan rings is 1. The lowest BCUT2D eigenvalue weighted by Crippen LogP contribution is -2.48. The van der Waals surface area contributed by atoms with Crippen molar-refractivity contribution in [1.29, 1.82) is 0 Å². The van der Waals surface area contributed by atoms with Gasteiger partial charge in [0.15, 0.2) is 5.76 Å². The van der Waals surface area contributed by atoms with E-state index in [0.717, 1.165) is 5.69 Å². The van der Waals surface area contributed by atoms with Crippen molar-refractivity contribution in [2.75, 3.05) is 31.1 Å². The van der Waals surface area contributed by atoms with Crippen LogP contribution in [0.5, 0.6) is 11.5 Å². The van der Waals surface area contributed by atoms with Gasteiger partial charge < -0.3 is 24.1 Å². The average molecular weight is 396 g/mol. The number of hydrogen-bond donors (Lipinski definition) is 1. The lowest BCUT2D eigenvalue weighted by Gasteiger charge is -2.35. The van der Waals surface area contributed by atoms with Gasteiger partial charge in [-0.05, 0) is 60.7 Å². The number of anilines is 1. The zero-order chi connectivity index (χ0) is 20.2. The lowest BCUT2D eigenvalue weighted by molar-refractivity contribution is 0.0710. The number of carbonyl (C=O) groups is 1. The first kappa shape index (κ1) is 18.9. The van der Waals surface area contributed by atoms with Crippen LogP contribution in [0.15, 0.2) is 65.1 Å². The summed E-state index contributed by atoms with van der Waals surface area (Å²) in [6.45, 7) is 2.74. The fourth-order valence-electron chi connectivity index (χ4n) is 3.24. The molecule has 1 fully saturated rings. The number of aromatic hydroxyl groups is 1. The molecule has 1 aliphatic rings. The van der Waals surface area contributed by atoms with E-state index < -0.39 is 0 Å². The molecule has 0 aliphatic carbocycles. The van der Waals surface area contributed by atoms with Crippen molar-refractivity contribution < 1.29 is 23.4 Å². The average Bonchev–Trinajstić information content (AvgIpc) is 3.23. The molecule has 2 heterocycles. The van der Waals surface area contributed by atoms with E-state index in [1.807, 2.05) is 12.1 Å². The van der Waals surface area contributed by atoms with E-state index in [1.54, 1.807) is 29.2 Å². The molecular formula is C22H21FN2O4. The zero-order valence-electron chi connectivity index (χ0n) is 15.8. The van der Waals surface area contributed by atoms with E-state index in [0.29, 0.717) is 37.7 Å². The minimum absolute atomic E-state index is 0.150. The summed E-state index contributed by atoms with van der Waals surface area (Å²) in [5.41, 5.74) is 1.02. The summed E-state index contributed by atoms with van der Waals surface area (Å²) in [5, 5.41) is 9.41. The molecule has 0 spiro atoms. The SMILES string of the molecule is O=C(c1ccc(COc2ccc(F)cc2)o1)N1CCN(c2ccc(O)cc2)CC1. The Kier molecular flexibility index (Phi) is 5.37. The molecule has 0 saturated carbocycles. The molecule has 6 nitrogen and oxygen atoms in total. The van der Waals surface area contributed by atoms with Crippen LogP contribution in [0.4, 0.5) is 10.1 Å². The molecule has 2 aromatic carbocycles. The van der Waals surface area contributed by atoms with Gasteiger partial charge in [0.05, 0.1) is 0 Å². The van der Waals surface area contributed by atoms with E-state index in [1.165, 1.54) is 24.3 Å². The van der Waals surface area contributed by atoms with Crippen molar-refractivity contribution in [3.8, 4) is 11.5 Å². The summed E-state index contributed by atoms with van der Waals surface area (Å²) in [6.07, 6.45) is 0. The van der Waals surface area contributed by atoms with E-state index in [-0.39, 0.29) is 29.8 Å². The van der Waals surface area contributed by atoms with Gasteiger partial charge in [-0.25, -0.2) is 4.39 Å². The van der Waals surface area contributed by atoms with Gasteiger partial charge in [0.2, 0.25) is 0 Å². The first-order valence-electron chi connectivity index (χ1n) is 9.39. The number of hydrogen-bond acceptors (Lipinski definition) is 5. The Morgan fingerprint density at radius 3 is 2.34 bits per heavy atom. The summed E-state index contributed by atoms with van der Waals surface area (Å²) < 4.78 is 24.1. The number of benzene rings is 2. The van der Waals surface area contributed by atoms with Crippen molar-refractivity contribution in [3.63, 3.8) is 0 Å². The number of phenols is 1. The van der Waals surface area contributed by atoms with E-state index >= 15 is 0 Å². The van der Waals surface area contributed by atoms with Gasteiger partial charge >= 0.3 is 0 Å². The van der Waals surface area contributed by atoms with Crippen LogP contribution in [0.2, 0.25) is 0 Å². The number of piperazine rings is 1. The number of carbonyl (C=O) groups excluding carboxylic acids is 1. The van der Waals surface area contributed by atoms with Gasteiger partial charge in [-0.15, -0.1) is 0 Å². The second kappa shape index (κ2) is 8.26. The summed E-state index contributed by atoms with van der Waals surface area (Å²) in [6, 6.07) is 16.1. The van der Waals surface area contributed by atoms with Crippen LogP contribution in [0.3, 0.4) is 0 Å². The smallest absolute Gasteiger partial charge is 0.289 e. The Labute approximate surface area is 167 Å². The van der Waals surface area contributed by atoms with Crippen molar-refractivity contribution in [2.45, 2.75) is 6.61 Å². The normalized spacial score (nSPS) is 14.1. The second-order valence-electron chi connectivity index (χ2n) is 6.80. The number of halogens is 1. The molecule has 3 aromatic rings. The quantitative estimate of drug-likeness (QED) is 0.713. The fourth-order valence-corrected chi connectivity index (χ4v) is 3.24. The maximum absolute atomic E-state index is 12.9. The summed E-state index contributed by atoms with van der Waals surface area (Å²) >= 11 is 0. The van der Waals surface area contributed by atoms with Gasteiger partial charge in [0, 0.05) is 31.9 Å². The molecule has 1 N–H and O–H groups in total. The summed E-state index contributed by atoms with van der Waals surface area (Å²) in [5.74, 6) is 1.10. The van der Waals surface area contributed by atoms with Crippen molar-refractivity contribution in [2.24, 2.45) is 0 Å². The number of amides is 1. The topological polar surface area (TPSA) is 66.2 Å². The van der Waals surface area contributed by atoms with Crippen LogP contribution in [0, 0.1) is 5.82 Å². The highest BCUT2D eigenvalue weighted by molar-refractivity contribution is 5.91. The molecule has 0 atom stereocenters. The Balaban J connectivity index is 1.31. The predicted octanol–water partition coefficient (Wildman–Crippen LogP) is 3.67. The molecule has 4 rings (SSSR count). The number of ether oxygens (including phenoxy) is 1. The molecule has 1 aliphatic heterocycles. The first-order chi connectivity index (χ1) is 14.1. The van der Waals surface area contributed by atoms with E-state index in [4.69, 9.17) is 9.15 Å². The third kappa shape index (κ3) is 4.51. The van der Waals surface area contributed by atoms with Crippen molar-refractivity contribution >= 4 is 11.6 Å². The van der Waals surface area contributed by atoms with Gasteiger partial charge in [-0.2, -0.15) is 0 Å². The lowest BCUT2D eigenvalue weighted by atomic mass is 10.2. The van der Waals surface area contributed by atoms with Crippen LogP contribution in [0.25, 0.3) is 0 Å². The molecular weight excluding hydrogens is 375 g/mol. The fraction of sp³-hybridized carbons (Fsp3) is 0.227. The van der Waals surface area contributed by atoms with Crippen LogP contribution >= 0.6 is 0 Å². The molecule has 0 radical (unpaired) electrons. The highest BCUT2D eigenvalue weighted by Gasteiger charge is 2.24. The molecule has 1 amide bonds. The maximum Gasteiger partial charge on any atom is 0.289 e. The van der Waals surface area contributed by atoms with Crippen LogP contribution in [0.1, 0.15) is 16.3 Å². The zero-order valence-corrected chi connectivity index (χ0v) is 15.8. The van der Waals surface area contributed by atoms with Crippen LogP contribution in [-0.4, -0.2) is 42.1 Å². The Morgan fingerprint density at radius 2 is 1.66 bits per heavy atom. The molecule has 0 bridgehead atoms. The summed E-state index contributed by atoms with van der Waals surface area (Å²) in [7, 11) is 0. The second-order valence-corrected chi connectivity index (χ2v) is 6.80. The van der Waals surface area contributed by atoms with Gasteiger partial charge in [-0.3, -0.25) is 4.79 Å². The Morgan fingerprint density at radius 1 is 0.966 bits per heavy atom. The minimum Gasteiger partial charge on any atom is -0.508 e. The molecule has 1 saturated heterocycles. The van der Waals surface area contributed by atoms with Crippen LogP contribution < -0.4 is 9.64 Å². The standard InChI is InChI=1S/C22H21FN2O4/c23-16-1-7-19(8-2-16)28-15-20-9-10-21(29-20)22(27)25-13-11-24(12-14-25)17-3-5-18(26)6-4-17/h1-10,26H,11-15H2. The highest BCUT2D eigenvalue weighted by Crippen LogP contribution is 2.21. The van der Waals surface area contributed by atoms with Crippen molar-refractivity contribution in [3.05, 3.63) is 78.0 Å².